The van der Waals surface area contributed by atoms with Crippen LogP contribution >= 0.6 is 15.9 Å². The molecule has 4 nitrogen and oxygen atoms in total. The van der Waals surface area contributed by atoms with E-state index in [1.54, 1.807) is 0 Å². The minimum absolute atomic E-state index is 0.112. The molecule has 0 fully saturated rings. The van der Waals surface area contributed by atoms with Crippen molar-refractivity contribution in [2.45, 2.75) is 48.0 Å². The van der Waals surface area contributed by atoms with E-state index in [1.165, 1.54) is 27.8 Å². The zero-order valence-electron chi connectivity index (χ0n) is 25.4. The van der Waals surface area contributed by atoms with E-state index in [9.17, 15) is 0 Å². The Kier molecular flexibility index (Phi) is 6.55. The molecule has 0 saturated heterocycles. The van der Waals surface area contributed by atoms with Crippen LogP contribution in [0.15, 0.2) is 126 Å². The molecule has 5 heteroatoms. The van der Waals surface area contributed by atoms with E-state index >= 15 is 0 Å². The molecule has 0 atom stereocenters. The standard InChI is InChI=1S/C38H33BrN4/c1-21-7-9-25(10-8-21)36-29-12-11-26(40-29)18-34-38(5,6)20-27(41-34)17-32-28(39)19-33(43-32)37(31-14-13-30(36)42-31)35-23(3)15-22(2)16-24(35)4/h7-19H,20H2,1-6H3. The second-order valence-electron chi connectivity index (χ2n) is 12.6. The average molecular weight is 626 g/mol. The summed E-state index contributed by atoms with van der Waals surface area (Å²) in [5, 5.41) is 0. The molecule has 7 rings (SSSR count). The molecule has 43 heavy (non-hydrogen) atoms. The minimum Gasteiger partial charge on any atom is -0.257 e. The molecule has 5 aliphatic heterocycles. The largest absolute Gasteiger partial charge is 0.257 e. The van der Waals surface area contributed by atoms with Gasteiger partial charge >= 0.3 is 0 Å². The van der Waals surface area contributed by atoms with Gasteiger partial charge in [0.1, 0.15) is 0 Å². The fraction of sp³-hybridized carbons (Fsp3) is 0.211. The molecule has 0 amide bonds. The number of halogens is 1. The van der Waals surface area contributed by atoms with Gasteiger partial charge < -0.3 is 0 Å². The third-order valence-electron chi connectivity index (χ3n) is 8.51. The van der Waals surface area contributed by atoms with Crippen LogP contribution < -0.4 is 0 Å². The number of benzene rings is 2. The number of aryl methyl sites for hydroxylation is 4. The predicted octanol–water partition coefficient (Wildman–Crippen LogP) is 9.45. The van der Waals surface area contributed by atoms with Crippen molar-refractivity contribution in [1.29, 1.82) is 0 Å². The first-order chi connectivity index (χ1) is 20.6. The molecule has 0 aliphatic carbocycles. The quantitative estimate of drug-likeness (QED) is 0.319. The maximum Gasteiger partial charge on any atom is 0.0798 e. The third-order valence-corrected chi connectivity index (χ3v) is 9.15. The van der Waals surface area contributed by atoms with Crippen LogP contribution in [-0.2, 0) is 0 Å². The highest BCUT2D eigenvalue weighted by molar-refractivity contribution is 9.12. The Morgan fingerprint density at radius 2 is 1.37 bits per heavy atom. The number of rotatable bonds is 2. The van der Waals surface area contributed by atoms with Crippen molar-refractivity contribution in [3.05, 3.63) is 140 Å². The first kappa shape index (κ1) is 27.6. The maximum atomic E-state index is 5.32. The molecule has 0 spiro atoms. The Hall–Kier alpha value is -4.22. The van der Waals surface area contributed by atoms with Crippen LogP contribution in [0.25, 0.3) is 11.1 Å². The van der Waals surface area contributed by atoms with Gasteiger partial charge in [-0.3, -0.25) is 4.99 Å². The molecule has 2 aromatic rings. The molecule has 212 valence electrons. The Labute approximate surface area is 262 Å². The highest BCUT2D eigenvalue weighted by Gasteiger charge is 2.33. The van der Waals surface area contributed by atoms with Crippen LogP contribution in [0.1, 0.15) is 53.6 Å². The summed E-state index contributed by atoms with van der Waals surface area (Å²) in [7, 11) is 0. The lowest BCUT2D eigenvalue weighted by Crippen LogP contribution is -2.11. The van der Waals surface area contributed by atoms with Crippen LogP contribution in [0.5, 0.6) is 0 Å². The van der Waals surface area contributed by atoms with E-state index in [2.05, 4.69) is 136 Å². The van der Waals surface area contributed by atoms with Gasteiger partial charge in [-0.1, -0.05) is 61.4 Å². The number of hydrogen-bond acceptors (Lipinski definition) is 4. The van der Waals surface area contributed by atoms with Crippen molar-refractivity contribution in [3.63, 3.8) is 0 Å². The van der Waals surface area contributed by atoms with E-state index in [-0.39, 0.29) is 5.41 Å². The van der Waals surface area contributed by atoms with Crippen molar-refractivity contribution in [2.75, 3.05) is 0 Å². The second kappa shape index (κ2) is 10.2. The number of aliphatic imine (C=N–C) groups is 4. The molecule has 5 aliphatic rings. The molecule has 2 aromatic carbocycles. The highest BCUT2D eigenvalue weighted by Crippen LogP contribution is 2.41. The van der Waals surface area contributed by atoms with Gasteiger partial charge in [0.25, 0.3) is 0 Å². The lowest BCUT2D eigenvalue weighted by atomic mass is 9.86. The van der Waals surface area contributed by atoms with Crippen molar-refractivity contribution in [2.24, 2.45) is 25.4 Å². The first-order valence-corrected chi connectivity index (χ1v) is 15.5. The summed E-state index contributed by atoms with van der Waals surface area (Å²) in [5.74, 6) is 0. The van der Waals surface area contributed by atoms with Gasteiger partial charge in [0, 0.05) is 38.9 Å². The molecule has 0 radical (unpaired) electrons. The third kappa shape index (κ3) is 4.96. The second-order valence-corrected chi connectivity index (χ2v) is 13.4. The van der Waals surface area contributed by atoms with E-state index in [1.807, 2.05) is 0 Å². The van der Waals surface area contributed by atoms with Crippen molar-refractivity contribution >= 4 is 49.9 Å². The molecule has 5 heterocycles. The fourth-order valence-electron chi connectivity index (χ4n) is 6.48. The van der Waals surface area contributed by atoms with E-state index in [0.717, 1.165) is 73.2 Å². The van der Waals surface area contributed by atoms with Crippen LogP contribution in [0.4, 0.5) is 0 Å². The van der Waals surface area contributed by atoms with Gasteiger partial charge in [0.15, 0.2) is 0 Å². The van der Waals surface area contributed by atoms with Gasteiger partial charge in [-0.2, -0.15) is 0 Å². The van der Waals surface area contributed by atoms with Crippen LogP contribution in [0.3, 0.4) is 0 Å². The molecule has 0 saturated carbocycles. The van der Waals surface area contributed by atoms with Crippen LogP contribution in [0.2, 0.25) is 0 Å². The monoisotopic (exact) mass is 624 g/mol. The number of hydrogen-bond donors (Lipinski definition) is 0. The molecule has 0 unspecified atom stereocenters. The molecule has 0 aromatic heterocycles. The van der Waals surface area contributed by atoms with Crippen molar-refractivity contribution in [1.82, 2.24) is 0 Å². The lowest BCUT2D eigenvalue weighted by molar-refractivity contribution is 0.485. The molecule has 0 N–H and O–H groups in total. The van der Waals surface area contributed by atoms with E-state index in [0.29, 0.717) is 0 Å². The van der Waals surface area contributed by atoms with Gasteiger partial charge in [-0.25, -0.2) is 15.0 Å². The zero-order valence-corrected chi connectivity index (χ0v) is 27.0. The lowest BCUT2D eigenvalue weighted by Gasteiger charge is -2.17. The summed E-state index contributed by atoms with van der Waals surface area (Å²) in [6.07, 6.45) is 15.6. The Morgan fingerprint density at radius 1 is 0.674 bits per heavy atom. The summed E-state index contributed by atoms with van der Waals surface area (Å²) >= 11 is 3.83. The van der Waals surface area contributed by atoms with Gasteiger partial charge in [-0.05, 0) is 108 Å². The smallest absolute Gasteiger partial charge is 0.0798 e. The van der Waals surface area contributed by atoms with E-state index < -0.39 is 0 Å². The van der Waals surface area contributed by atoms with Crippen molar-refractivity contribution in [3.8, 4) is 0 Å². The summed E-state index contributed by atoms with van der Waals surface area (Å²) in [4.78, 5) is 20.7. The SMILES string of the molecule is Cc1ccc(C2=C3C=CC(=N3)C=C3N=C(C=C4N=C(C=C4Br)C(c4c(C)cc(C)cc4C)=C4C=CC2=N4)CC3(C)C)cc1. The Balaban J connectivity index is 1.55. The first-order valence-electron chi connectivity index (χ1n) is 14.7. The van der Waals surface area contributed by atoms with Crippen LogP contribution in [-0.4, -0.2) is 22.8 Å². The fourth-order valence-corrected chi connectivity index (χ4v) is 6.90. The minimum atomic E-state index is -0.112. The molecular formula is C38H33BrN4. The topological polar surface area (TPSA) is 49.4 Å². The van der Waals surface area contributed by atoms with Crippen LogP contribution in [0, 0.1) is 33.1 Å². The molecular weight excluding hydrogens is 592 g/mol. The summed E-state index contributed by atoms with van der Waals surface area (Å²) < 4.78 is 0.949. The summed E-state index contributed by atoms with van der Waals surface area (Å²) in [6.45, 7) is 13.1. The summed E-state index contributed by atoms with van der Waals surface area (Å²) in [6, 6.07) is 13.1. The van der Waals surface area contributed by atoms with Gasteiger partial charge in [-0.15, -0.1) is 0 Å². The average Bonchev–Trinajstić information content (AvgIpc) is 3.72. The van der Waals surface area contributed by atoms with Gasteiger partial charge in [0.2, 0.25) is 0 Å². The zero-order chi connectivity index (χ0) is 30.0. The van der Waals surface area contributed by atoms with Gasteiger partial charge in [0.05, 0.1) is 34.2 Å². The van der Waals surface area contributed by atoms with Crippen molar-refractivity contribution < 1.29 is 0 Å². The van der Waals surface area contributed by atoms with E-state index in [4.69, 9.17) is 20.0 Å². The molecule has 8 bridgehead atoms. The number of allylic oxidation sites excluding steroid dienone is 11. The highest BCUT2D eigenvalue weighted by atomic mass is 79.9. The predicted molar refractivity (Wildman–Crippen MR) is 185 cm³/mol. The Bertz CT molecular complexity index is 1950. The summed E-state index contributed by atoms with van der Waals surface area (Å²) in [5.41, 5.74) is 16.5. The number of nitrogens with zero attached hydrogens (tertiary/aromatic N) is 4. The normalized spacial score (nSPS) is 20.2. The Morgan fingerprint density at radius 3 is 2.12 bits per heavy atom. The number of fused-ring (bicyclic) bond motifs is 4. The maximum absolute atomic E-state index is 5.32.